The average molecular weight is 366 g/mol. The van der Waals surface area contributed by atoms with E-state index in [2.05, 4.69) is 22.5 Å². The lowest BCUT2D eigenvalue weighted by atomic mass is 9.68. The molecule has 0 spiro atoms. The number of hydrogen-bond acceptors (Lipinski definition) is 2. The van der Waals surface area contributed by atoms with Gasteiger partial charge in [-0.05, 0) is 49.5 Å². The molecule has 2 bridgehead atoms. The molecule has 0 radical (unpaired) electrons. The Morgan fingerprint density at radius 2 is 1.85 bits per heavy atom. The highest BCUT2D eigenvalue weighted by Crippen LogP contribution is 2.42. The molecule has 0 aliphatic heterocycles. The number of aryl methyl sites for hydroxylation is 2. The lowest BCUT2D eigenvalue weighted by molar-refractivity contribution is 0.0914. The van der Waals surface area contributed by atoms with Crippen molar-refractivity contribution in [3.8, 4) is 0 Å². The molecule has 4 nitrogen and oxygen atoms in total. The maximum Gasteiger partial charge on any atom is 0.255 e. The van der Waals surface area contributed by atoms with Gasteiger partial charge in [0.05, 0.1) is 17.0 Å². The van der Waals surface area contributed by atoms with Gasteiger partial charge in [-0.25, -0.2) is 0 Å². The number of nitrogens with zero attached hydrogens (tertiary/aromatic N) is 2. The number of rotatable bonds is 5. The number of benzene rings is 1. The Hall–Kier alpha value is -2.10. The molecule has 0 saturated heterocycles. The Labute approximate surface area is 162 Å². The summed E-state index contributed by atoms with van der Waals surface area (Å²) in [6.07, 6.45) is 8.93. The zero-order chi connectivity index (χ0) is 18.8. The molecule has 1 aromatic heterocycles. The second-order valence-corrected chi connectivity index (χ2v) is 8.64. The number of hydrogen-bond donors (Lipinski definition) is 1. The topological polar surface area (TPSA) is 46.9 Å². The van der Waals surface area contributed by atoms with E-state index in [4.69, 9.17) is 0 Å². The van der Waals surface area contributed by atoms with Crippen LogP contribution in [0.5, 0.6) is 0 Å². The summed E-state index contributed by atoms with van der Waals surface area (Å²) in [7, 11) is 1.93. The van der Waals surface area contributed by atoms with E-state index in [9.17, 15) is 4.79 Å². The van der Waals surface area contributed by atoms with E-state index in [1.165, 1.54) is 44.1 Å². The molecule has 1 amide bonds. The van der Waals surface area contributed by atoms with Crippen LogP contribution in [0.2, 0.25) is 0 Å². The third kappa shape index (κ3) is 4.10. The molecular formula is C23H31N3O. The monoisotopic (exact) mass is 365 g/mol. The summed E-state index contributed by atoms with van der Waals surface area (Å²) >= 11 is 0. The molecule has 2 atom stereocenters. The molecule has 4 rings (SSSR count). The number of amides is 1. The highest BCUT2D eigenvalue weighted by Gasteiger charge is 2.32. The molecule has 2 aliphatic rings. The van der Waals surface area contributed by atoms with Gasteiger partial charge >= 0.3 is 0 Å². The third-order valence-electron chi connectivity index (χ3n) is 6.56. The highest BCUT2D eigenvalue weighted by atomic mass is 16.1. The first-order chi connectivity index (χ1) is 13.1. The summed E-state index contributed by atoms with van der Waals surface area (Å²) < 4.78 is 1.86. The molecule has 2 saturated carbocycles. The number of carbonyl (C=O) groups excluding carboxylic acids is 1. The van der Waals surface area contributed by atoms with Crippen molar-refractivity contribution in [2.24, 2.45) is 24.8 Å². The molecule has 1 heterocycles. The second kappa shape index (κ2) is 7.87. The first kappa shape index (κ1) is 18.3. The number of nitrogens with one attached hydrogen (secondary N) is 1. The molecule has 2 aromatic rings. The van der Waals surface area contributed by atoms with E-state index in [1.54, 1.807) is 0 Å². The van der Waals surface area contributed by atoms with Gasteiger partial charge in [-0.1, -0.05) is 49.6 Å². The molecule has 4 heteroatoms. The van der Waals surface area contributed by atoms with Crippen molar-refractivity contribution < 1.29 is 4.79 Å². The molecule has 2 aliphatic carbocycles. The lowest BCUT2D eigenvalue weighted by Crippen LogP contribution is -2.35. The molecule has 27 heavy (non-hydrogen) atoms. The van der Waals surface area contributed by atoms with Crippen molar-refractivity contribution in [3.63, 3.8) is 0 Å². The summed E-state index contributed by atoms with van der Waals surface area (Å²) in [6.45, 7) is 2.75. The van der Waals surface area contributed by atoms with Gasteiger partial charge in [0.2, 0.25) is 0 Å². The Morgan fingerprint density at radius 1 is 1.15 bits per heavy atom. The average Bonchev–Trinajstić information content (AvgIpc) is 2.93. The fraction of sp³-hybridized carbons (Fsp3) is 0.565. The Morgan fingerprint density at radius 3 is 2.56 bits per heavy atom. The SMILES string of the molecule is Cc1nn(C)c(Cc2ccccc2)c1C(=O)NCC1CC2CCCC(C2)C1. The standard InChI is InChI=1S/C23H31N3O/c1-16-22(21(26(2)25-16)14-17-7-4-3-5-8-17)23(27)24-15-20-12-18-9-6-10-19(11-18)13-20/h3-5,7-8,18-20H,6,9-15H2,1-2H3,(H,24,27). The van der Waals surface area contributed by atoms with E-state index in [0.717, 1.165) is 41.8 Å². The first-order valence-corrected chi connectivity index (χ1v) is 10.4. The van der Waals surface area contributed by atoms with E-state index in [1.807, 2.05) is 36.9 Å². The van der Waals surface area contributed by atoms with Crippen LogP contribution in [0, 0.1) is 24.7 Å². The fourth-order valence-corrected chi connectivity index (χ4v) is 5.35. The summed E-state index contributed by atoms with van der Waals surface area (Å²) in [5.74, 6) is 2.48. The lowest BCUT2D eigenvalue weighted by Gasteiger charge is -2.39. The van der Waals surface area contributed by atoms with Crippen LogP contribution in [-0.4, -0.2) is 22.2 Å². The molecule has 2 unspecified atom stereocenters. The fourth-order valence-electron chi connectivity index (χ4n) is 5.35. The van der Waals surface area contributed by atoms with E-state index >= 15 is 0 Å². The van der Waals surface area contributed by atoms with Gasteiger partial charge in [-0.15, -0.1) is 0 Å². The predicted octanol–water partition coefficient (Wildman–Crippen LogP) is 4.27. The Balaban J connectivity index is 1.44. The third-order valence-corrected chi connectivity index (χ3v) is 6.56. The van der Waals surface area contributed by atoms with E-state index in [-0.39, 0.29) is 5.91 Å². The van der Waals surface area contributed by atoms with E-state index in [0.29, 0.717) is 5.92 Å². The number of carbonyl (C=O) groups is 1. The van der Waals surface area contributed by atoms with Gasteiger partial charge in [0.1, 0.15) is 0 Å². The van der Waals surface area contributed by atoms with Crippen molar-refractivity contribution in [2.45, 2.75) is 51.9 Å². The normalized spacial score (nSPS) is 24.6. The van der Waals surface area contributed by atoms with Crippen LogP contribution in [-0.2, 0) is 13.5 Å². The smallest absolute Gasteiger partial charge is 0.255 e. The van der Waals surface area contributed by atoms with Gasteiger partial charge < -0.3 is 5.32 Å². The van der Waals surface area contributed by atoms with Crippen molar-refractivity contribution in [1.82, 2.24) is 15.1 Å². The molecule has 1 N–H and O–H groups in total. The van der Waals surface area contributed by atoms with Crippen LogP contribution in [0.3, 0.4) is 0 Å². The maximum absolute atomic E-state index is 13.0. The van der Waals surface area contributed by atoms with Gasteiger partial charge in [-0.2, -0.15) is 5.10 Å². The van der Waals surface area contributed by atoms with Gasteiger partial charge in [-0.3, -0.25) is 9.48 Å². The molecule has 2 fully saturated rings. The second-order valence-electron chi connectivity index (χ2n) is 8.64. The number of fused-ring (bicyclic) bond motifs is 2. The van der Waals surface area contributed by atoms with Crippen LogP contribution in [0.4, 0.5) is 0 Å². The van der Waals surface area contributed by atoms with Crippen LogP contribution in [0.1, 0.15) is 65.8 Å². The van der Waals surface area contributed by atoms with E-state index < -0.39 is 0 Å². The van der Waals surface area contributed by atoms with Gasteiger partial charge in [0.15, 0.2) is 0 Å². The predicted molar refractivity (Wildman–Crippen MR) is 108 cm³/mol. The Kier molecular flexibility index (Phi) is 5.33. The Bertz CT molecular complexity index is 783. The van der Waals surface area contributed by atoms with Crippen molar-refractivity contribution in [1.29, 1.82) is 0 Å². The molecular weight excluding hydrogens is 334 g/mol. The molecule has 1 aromatic carbocycles. The van der Waals surface area contributed by atoms with Gasteiger partial charge in [0.25, 0.3) is 5.91 Å². The summed E-state index contributed by atoms with van der Waals surface area (Å²) in [6, 6.07) is 10.3. The summed E-state index contributed by atoms with van der Waals surface area (Å²) in [4.78, 5) is 13.0. The minimum Gasteiger partial charge on any atom is -0.352 e. The van der Waals surface area contributed by atoms with Crippen LogP contribution >= 0.6 is 0 Å². The maximum atomic E-state index is 13.0. The van der Waals surface area contributed by atoms with Crippen LogP contribution in [0.25, 0.3) is 0 Å². The van der Waals surface area contributed by atoms with Crippen molar-refractivity contribution in [2.75, 3.05) is 6.54 Å². The zero-order valence-electron chi connectivity index (χ0n) is 16.6. The molecule has 144 valence electrons. The zero-order valence-corrected chi connectivity index (χ0v) is 16.6. The van der Waals surface area contributed by atoms with Crippen LogP contribution < -0.4 is 5.32 Å². The van der Waals surface area contributed by atoms with Gasteiger partial charge in [0, 0.05) is 20.0 Å². The summed E-state index contributed by atoms with van der Waals surface area (Å²) in [5.41, 5.74) is 3.78. The van der Waals surface area contributed by atoms with Crippen molar-refractivity contribution >= 4 is 5.91 Å². The summed E-state index contributed by atoms with van der Waals surface area (Å²) in [5, 5.41) is 7.77. The minimum atomic E-state index is 0.0438. The highest BCUT2D eigenvalue weighted by molar-refractivity contribution is 5.96. The largest absolute Gasteiger partial charge is 0.352 e. The van der Waals surface area contributed by atoms with Crippen LogP contribution in [0.15, 0.2) is 30.3 Å². The van der Waals surface area contributed by atoms with Crippen molar-refractivity contribution in [3.05, 3.63) is 52.8 Å². The number of aromatic nitrogens is 2. The first-order valence-electron chi connectivity index (χ1n) is 10.4. The minimum absolute atomic E-state index is 0.0438. The quantitative estimate of drug-likeness (QED) is 0.860.